The first kappa shape index (κ1) is 28.2. The van der Waals surface area contributed by atoms with Crippen LogP contribution in [0.1, 0.15) is 67.3 Å². The summed E-state index contributed by atoms with van der Waals surface area (Å²) in [6.07, 6.45) is 5.31. The van der Waals surface area contributed by atoms with Crippen LogP contribution in [0.5, 0.6) is 0 Å². The Labute approximate surface area is 249 Å². The number of hydrogen-bond donors (Lipinski definition) is 4. The van der Waals surface area contributed by atoms with Crippen LogP contribution in [0.25, 0.3) is 11.1 Å². The second-order valence-corrected chi connectivity index (χ2v) is 11.9. The largest absolute Gasteiger partial charge is 0.378 e. The fourth-order valence-corrected chi connectivity index (χ4v) is 6.98. The van der Waals surface area contributed by atoms with Crippen molar-refractivity contribution in [3.05, 3.63) is 131 Å². The maximum absolute atomic E-state index is 13.1. The molecule has 4 aromatic carbocycles. The van der Waals surface area contributed by atoms with Crippen molar-refractivity contribution in [3.63, 3.8) is 0 Å². The number of benzene rings is 4. The minimum absolute atomic E-state index is 0.150. The monoisotopic (exact) mass is 559 g/mol. The van der Waals surface area contributed by atoms with Crippen molar-refractivity contribution < 1.29 is 9.90 Å². The number of amides is 2. The Morgan fingerprint density at radius 3 is 1.81 bits per heavy atom. The lowest BCUT2D eigenvalue weighted by Gasteiger charge is -2.36. The Morgan fingerprint density at radius 2 is 1.26 bits per heavy atom. The summed E-state index contributed by atoms with van der Waals surface area (Å²) in [5.41, 5.74) is 5.60. The third-order valence-corrected chi connectivity index (χ3v) is 9.32. The van der Waals surface area contributed by atoms with Gasteiger partial charge in [-0.2, -0.15) is 0 Å². The molecule has 0 radical (unpaired) electrons. The average molecular weight is 560 g/mol. The third-order valence-electron chi connectivity index (χ3n) is 9.32. The molecule has 0 saturated heterocycles. The van der Waals surface area contributed by atoms with E-state index in [1.54, 1.807) is 0 Å². The van der Waals surface area contributed by atoms with Gasteiger partial charge >= 0.3 is 6.03 Å². The van der Waals surface area contributed by atoms with Crippen molar-refractivity contribution in [3.8, 4) is 11.1 Å². The molecule has 0 aliphatic heterocycles. The molecule has 6 rings (SSSR count). The third kappa shape index (κ3) is 5.72. The van der Waals surface area contributed by atoms with Gasteiger partial charge in [-0.1, -0.05) is 109 Å². The van der Waals surface area contributed by atoms with Crippen LogP contribution in [0, 0.1) is 5.92 Å². The van der Waals surface area contributed by atoms with Gasteiger partial charge in [-0.3, -0.25) is 0 Å². The van der Waals surface area contributed by atoms with E-state index in [2.05, 4.69) is 64.5 Å². The second kappa shape index (κ2) is 12.5. The molecule has 5 nitrogen and oxygen atoms in total. The zero-order valence-corrected chi connectivity index (χ0v) is 24.3. The lowest BCUT2D eigenvalue weighted by molar-refractivity contribution is 0.0470. The predicted octanol–water partition coefficient (Wildman–Crippen LogP) is 6.92. The zero-order valence-electron chi connectivity index (χ0n) is 24.3. The number of urea groups is 1. The number of rotatable bonds is 9. The Morgan fingerprint density at radius 1 is 0.762 bits per heavy atom. The molecule has 2 amide bonds. The van der Waals surface area contributed by atoms with Crippen LogP contribution < -0.4 is 16.0 Å². The molecule has 0 bridgehead atoms. The highest BCUT2D eigenvalue weighted by atomic mass is 16.3. The normalized spacial score (nSPS) is 19.0. The van der Waals surface area contributed by atoms with Gasteiger partial charge in [-0.15, -0.1) is 0 Å². The van der Waals surface area contributed by atoms with E-state index >= 15 is 0 Å². The maximum atomic E-state index is 13.1. The van der Waals surface area contributed by atoms with Gasteiger partial charge in [0.15, 0.2) is 0 Å². The van der Waals surface area contributed by atoms with E-state index in [0.29, 0.717) is 5.92 Å². The SMILES string of the molecule is C[C@@H](NC(=O)N[C@H]1CC[C@H](CCNC2c3ccccc3-c3ccccc32)CC1)C(O)(c1ccccc1)c1ccccc1. The van der Waals surface area contributed by atoms with Gasteiger partial charge in [0.05, 0.1) is 12.1 Å². The highest BCUT2D eigenvalue weighted by Crippen LogP contribution is 2.43. The van der Waals surface area contributed by atoms with E-state index in [4.69, 9.17) is 0 Å². The first-order valence-electron chi connectivity index (χ1n) is 15.4. The van der Waals surface area contributed by atoms with Crippen molar-refractivity contribution in [1.82, 2.24) is 16.0 Å². The molecule has 1 saturated carbocycles. The molecule has 2 aliphatic carbocycles. The van der Waals surface area contributed by atoms with E-state index in [-0.39, 0.29) is 18.1 Å². The van der Waals surface area contributed by atoms with Crippen LogP contribution in [0.2, 0.25) is 0 Å². The molecule has 0 spiro atoms. The first-order valence-corrected chi connectivity index (χ1v) is 15.4. The molecule has 42 heavy (non-hydrogen) atoms. The van der Waals surface area contributed by atoms with Crippen molar-refractivity contribution >= 4 is 6.03 Å². The summed E-state index contributed by atoms with van der Waals surface area (Å²) in [4.78, 5) is 13.1. The smallest absolute Gasteiger partial charge is 0.315 e. The minimum Gasteiger partial charge on any atom is -0.378 e. The summed E-state index contributed by atoms with van der Waals surface area (Å²) in [5.74, 6) is 0.658. The van der Waals surface area contributed by atoms with Crippen LogP contribution in [-0.4, -0.2) is 29.8 Å². The topological polar surface area (TPSA) is 73.4 Å². The van der Waals surface area contributed by atoms with Crippen LogP contribution in [0.3, 0.4) is 0 Å². The molecule has 1 atom stereocenters. The van der Waals surface area contributed by atoms with Gasteiger partial charge in [0.1, 0.15) is 5.60 Å². The second-order valence-electron chi connectivity index (χ2n) is 11.9. The maximum Gasteiger partial charge on any atom is 0.315 e. The van der Waals surface area contributed by atoms with Crippen molar-refractivity contribution in [1.29, 1.82) is 0 Å². The van der Waals surface area contributed by atoms with Crippen molar-refractivity contribution in [2.45, 2.75) is 62.8 Å². The molecular weight excluding hydrogens is 518 g/mol. The summed E-state index contributed by atoms with van der Waals surface area (Å²) in [7, 11) is 0. The fourth-order valence-electron chi connectivity index (χ4n) is 6.98. The molecule has 2 aliphatic rings. The molecular formula is C37H41N3O2. The quantitative estimate of drug-likeness (QED) is 0.180. The molecule has 0 unspecified atom stereocenters. The van der Waals surface area contributed by atoms with Gasteiger partial charge in [0.2, 0.25) is 0 Å². The summed E-state index contributed by atoms with van der Waals surface area (Å²) in [5, 5.41) is 22.0. The predicted molar refractivity (Wildman–Crippen MR) is 169 cm³/mol. The fraction of sp³-hybridized carbons (Fsp3) is 0.324. The summed E-state index contributed by atoms with van der Waals surface area (Å²) >= 11 is 0. The van der Waals surface area contributed by atoms with Gasteiger partial charge in [0, 0.05) is 6.04 Å². The zero-order chi connectivity index (χ0) is 28.9. The number of carbonyl (C=O) groups is 1. The minimum atomic E-state index is -1.34. The molecule has 0 heterocycles. The molecule has 4 aromatic rings. The number of carbonyl (C=O) groups excluding carboxylic acids is 1. The Kier molecular flexibility index (Phi) is 8.41. The standard InChI is InChI=1S/C37H41N3O2/c1-26(37(42,28-12-4-2-5-13-28)29-14-6-3-7-15-29)39-36(41)40-30-22-20-27(21-23-30)24-25-38-35-33-18-10-8-16-31(33)32-17-9-11-19-34(32)35/h2-19,26-27,30,35,38,42H,20-25H2,1H3,(H2,39,40,41)/t26-,27-,30-/m1/s1. The van der Waals surface area contributed by atoms with Gasteiger partial charge < -0.3 is 21.1 Å². The molecule has 1 fully saturated rings. The van der Waals surface area contributed by atoms with Gasteiger partial charge in [-0.25, -0.2) is 4.79 Å². The number of aliphatic hydroxyl groups is 1. The lowest BCUT2D eigenvalue weighted by Crippen LogP contribution is -2.54. The number of nitrogens with one attached hydrogen (secondary N) is 3. The van der Waals surface area contributed by atoms with E-state index < -0.39 is 11.6 Å². The average Bonchev–Trinajstić information content (AvgIpc) is 3.36. The highest BCUT2D eigenvalue weighted by Gasteiger charge is 2.39. The van der Waals surface area contributed by atoms with E-state index in [9.17, 15) is 9.90 Å². The summed E-state index contributed by atoms with van der Waals surface area (Å²) in [6.45, 7) is 2.84. The van der Waals surface area contributed by atoms with Gasteiger partial charge in [0.25, 0.3) is 0 Å². The van der Waals surface area contributed by atoms with Crippen molar-refractivity contribution in [2.24, 2.45) is 5.92 Å². The van der Waals surface area contributed by atoms with Crippen LogP contribution in [-0.2, 0) is 5.60 Å². The number of fused-ring (bicyclic) bond motifs is 3. The highest BCUT2D eigenvalue weighted by molar-refractivity contribution is 5.78. The molecule has 5 heteroatoms. The van der Waals surface area contributed by atoms with Crippen molar-refractivity contribution in [2.75, 3.05) is 6.54 Å². The van der Waals surface area contributed by atoms with Crippen LogP contribution in [0.15, 0.2) is 109 Å². The Balaban J connectivity index is 0.994. The van der Waals surface area contributed by atoms with Crippen LogP contribution in [0.4, 0.5) is 4.79 Å². The van der Waals surface area contributed by atoms with Crippen LogP contribution >= 0.6 is 0 Å². The van der Waals surface area contributed by atoms with E-state index in [0.717, 1.165) is 49.8 Å². The Hall–Kier alpha value is -3.93. The first-order chi connectivity index (χ1) is 20.5. The van der Waals surface area contributed by atoms with E-state index in [1.807, 2.05) is 67.6 Å². The molecule has 216 valence electrons. The van der Waals surface area contributed by atoms with E-state index in [1.165, 1.54) is 22.3 Å². The van der Waals surface area contributed by atoms with Gasteiger partial charge in [-0.05, 0) is 84.9 Å². The summed E-state index contributed by atoms with van der Waals surface area (Å²) < 4.78 is 0. The number of hydrogen-bond acceptors (Lipinski definition) is 3. The Bertz CT molecular complexity index is 1400. The summed E-state index contributed by atoms with van der Waals surface area (Å²) in [6, 6.07) is 36.2. The lowest BCUT2D eigenvalue weighted by atomic mass is 9.81. The molecule has 4 N–H and O–H groups in total. The molecule has 0 aromatic heterocycles.